The minimum atomic E-state index is -4.94. The van der Waals surface area contributed by atoms with Gasteiger partial charge in [0, 0.05) is 115 Å². The molecule has 0 amide bonds. The smallest absolute Gasteiger partial charge is 0.751 e. The van der Waals surface area contributed by atoms with E-state index in [2.05, 4.69) is 429 Å². The molecule has 145 heavy (non-hydrogen) atoms. The molecule has 800 valence electrons. The molecule has 0 aromatic heterocycles. The standard InChI is InChI=1S/4C29H43O6P.Sn/c4*1-26(2,3)20-14-18-13-19-15-21(27(4,5)6)17-23(29(10,11)12)25(19)33-35-36(30,31)34-32-24(18)22(16-20)28(7,8)9;/h4*14-17H,13H2,1-12H3,(H,30,31);/q;;;;+4/p-4. The van der Waals surface area contributed by atoms with Crippen molar-refractivity contribution >= 4 is 55.2 Å². The fraction of sp³-hybridized carbons (Fsp3) is 0.586. The number of phosphoric acid groups is 4. The van der Waals surface area contributed by atoms with E-state index in [4.69, 9.17) is 76.5 Å². The third-order valence-corrected chi connectivity index (χ3v) is 28.0. The van der Waals surface area contributed by atoms with Crippen LogP contribution in [0.1, 0.15) is 466 Å². The Bertz CT molecular complexity index is 5150. The van der Waals surface area contributed by atoms with Gasteiger partial charge in [-0.2, -0.15) is 0 Å². The summed E-state index contributed by atoms with van der Waals surface area (Å²) in [7, 11) is -19.8. The van der Waals surface area contributed by atoms with Gasteiger partial charge in [0.1, 0.15) is 0 Å². The van der Waals surface area contributed by atoms with Gasteiger partial charge in [-0.3, -0.25) is 18.3 Å². The monoisotopic (exact) mass is 2190 g/mol. The van der Waals surface area contributed by atoms with Gasteiger partial charge in [-0.05, 0) is 131 Å². The normalized spacial score (nSPS) is 16.8. The predicted octanol–water partition coefficient (Wildman–Crippen LogP) is 29.9. The van der Waals surface area contributed by atoms with Crippen LogP contribution in [-0.2, 0) is 168 Å². The Labute approximate surface area is 884 Å². The first-order valence-corrected chi connectivity index (χ1v) is 55.8. The topological polar surface area (TPSA) is 308 Å². The van der Waals surface area contributed by atoms with Crippen molar-refractivity contribution in [3.8, 4) is 46.0 Å². The molecule has 0 spiro atoms. The van der Waals surface area contributed by atoms with E-state index in [1.807, 2.05) is 0 Å². The van der Waals surface area contributed by atoms with Crippen molar-refractivity contribution in [2.24, 2.45) is 0 Å². The molecule has 8 aromatic carbocycles. The minimum absolute atomic E-state index is 0. The molecule has 0 aliphatic carbocycles. The molecule has 0 saturated heterocycles. The van der Waals surface area contributed by atoms with E-state index in [9.17, 15) is 37.8 Å². The van der Waals surface area contributed by atoms with E-state index < -0.39 is 31.3 Å². The van der Waals surface area contributed by atoms with Crippen molar-refractivity contribution in [3.05, 3.63) is 231 Å². The van der Waals surface area contributed by atoms with Crippen molar-refractivity contribution in [3.63, 3.8) is 0 Å². The van der Waals surface area contributed by atoms with Gasteiger partial charge in [-0.15, -0.1) is 37.4 Å². The van der Waals surface area contributed by atoms with Crippen LogP contribution >= 0.6 is 31.3 Å². The summed E-state index contributed by atoms with van der Waals surface area (Å²) in [6, 6.07) is 33.3. The van der Waals surface area contributed by atoms with E-state index >= 15 is 0 Å². The zero-order valence-corrected chi connectivity index (χ0v) is 103. The van der Waals surface area contributed by atoms with Crippen LogP contribution in [0.25, 0.3) is 0 Å². The SMILES string of the molecule is CC(C)(C)c1cc2c(c(C(C)(C)C)c1)OOP(=O)([O-])OOc1c(cc(C(C)(C)C)cc1C(C)(C)C)C2.CC(C)(C)c1cc2c(c(C(C)(C)C)c1)OOP(=O)([O-])OOc1c(cc(C(C)(C)C)cc1C(C)(C)C)C2.CC(C)(C)c1cc2c(c(C(C)(C)C)c1)OOP(=O)([O-])OOc1c(cc(C(C)(C)C)cc1C(C)(C)C)C2.CC(C)(C)c1cc2c(c(C(C)(C)C)c1)OOP(=O)([O-])OOc1c(cc(C(C)(C)C)cc1C(C)(C)C)C2.[Sn+4]. The number of fused-ring (bicyclic) bond motifs is 8. The maximum atomic E-state index is 12.6. The molecule has 4 heterocycles. The van der Waals surface area contributed by atoms with E-state index in [1.54, 1.807) is 0 Å². The molecule has 4 aliphatic rings. The van der Waals surface area contributed by atoms with Gasteiger partial charge in [0.15, 0.2) is 46.0 Å². The Kier molecular flexibility index (Phi) is 36.2. The molecule has 0 atom stereocenters. The molecular formula is C116H168O24P4Sn. The van der Waals surface area contributed by atoms with Crippen LogP contribution in [0, 0.1) is 0 Å². The van der Waals surface area contributed by atoms with Gasteiger partial charge in [0.25, 0.3) is 0 Å². The summed E-state index contributed by atoms with van der Waals surface area (Å²) in [5, 5.41) is 0. The maximum absolute atomic E-state index is 12.6. The van der Waals surface area contributed by atoms with Crippen LogP contribution in [-0.4, -0.2) is 23.9 Å². The largest absolute Gasteiger partial charge is 4.00 e. The van der Waals surface area contributed by atoms with Gasteiger partial charge in [-0.25, -0.2) is 0 Å². The second-order valence-electron chi connectivity index (χ2n) is 55.9. The summed E-state index contributed by atoms with van der Waals surface area (Å²) in [6.07, 6.45) is 1.78. The average molecular weight is 2190 g/mol. The summed E-state index contributed by atoms with van der Waals surface area (Å²) in [4.78, 5) is 94.7. The van der Waals surface area contributed by atoms with Crippen LogP contribution in [0.5, 0.6) is 46.0 Å². The van der Waals surface area contributed by atoms with Gasteiger partial charge < -0.3 is 58.7 Å². The Morgan fingerprint density at radius 2 is 0.241 bits per heavy atom. The number of hydrogen-bond donors (Lipinski definition) is 0. The summed E-state index contributed by atoms with van der Waals surface area (Å²) < 4.78 is 89.4. The van der Waals surface area contributed by atoms with Crippen molar-refractivity contribution in [2.75, 3.05) is 0 Å². The van der Waals surface area contributed by atoms with Crippen LogP contribution in [0.2, 0.25) is 0 Å². The average Bonchev–Trinajstić information content (AvgIpc) is 0.764. The predicted molar refractivity (Wildman–Crippen MR) is 572 cm³/mol. The Morgan fingerprint density at radius 1 is 0.159 bits per heavy atom. The van der Waals surface area contributed by atoms with Crippen molar-refractivity contribution in [1.82, 2.24) is 0 Å². The molecule has 0 fully saturated rings. The first kappa shape index (κ1) is 124. The van der Waals surface area contributed by atoms with Gasteiger partial charge in [0.05, 0.1) is 0 Å². The molecule has 0 bridgehead atoms. The second kappa shape index (κ2) is 42.4. The van der Waals surface area contributed by atoms with E-state index in [0.717, 1.165) is 134 Å². The van der Waals surface area contributed by atoms with Gasteiger partial charge in [0.2, 0.25) is 0 Å². The third-order valence-electron chi connectivity index (χ3n) is 25.9. The molecule has 0 N–H and O–H groups in total. The molecule has 4 aliphatic heterocycles. The first-order valence-electron chi connectivity index (χ1n) is 50.0. The Hall–Kier alpha value is -6.60. The molecule has 8 aromatic rings. The zero-order valence-electron chi connectivity index (χ0n) is 96.2. The fourth-order valence-electron chi connectivity index (χ4n) is 16.8. The zero-order chi connectivity index (χ0) is 110. The van der Waals surface area contributed by atoms with Crippen LogP contribution < -0.4 is 58.7 Å². The Balaban J connectivity index is 0.000000236. The summed E-state index contributed by atoms with van der Waals surface area (Å²) in [5.74, 6) is 3.12. The second-order valence-corrected chi connectivity index (χ2v) is 60.6. The van der Waals surface area contributed by atoms with E-state index in [1.165, 1.54) is 0 Å². The number of rotatable bonds is 0. The molecule has 24 nitrogen and oxygen atoms in total. The van der Waals surface area contributed by atoms with E-state index in [0.29, 0.717) is 71.7 Å². The summed E-state index contributed by atoms with van der Waals surface area (Å²) >= 11 is 0. The van der Waals surface area contributed by atoms with Crippen molar-refractivity contribution in [2.45, 2.75) is 445 Å². The van der Waals surface area contributed by atoms with E-state index in [-0.39, 0.29) is 111 Å². The molecule has 0 radical (unpaired) electrons. The number of benzene rings is 8. The molecule has 0 saturated carbocycles. The number of hydrogen-bond acceptors (Lipinski definition) is 24. The minimum Gasteiger partial charge on any atom is -0.751 e. The van der Waals surface area contributed by atoms with Gasteiger partial charge in [-0.1, -0.05) is 429 Å². The van der Waals surface area contributed by atoms with Crippen molar-refractivity contribution in [1.29, 1.82) is 0 Å². The maximum Gasteiger partial charge on any atom is 4.00 e. The molecular weight excluding hydrogens is 2020 g/mol. The van der Waals surface area contributed by atoms with Crippen LogP contribution in [0.3, 0.4) is 0 Å². The van der Waals surface area contributed by atoms with Crippen LogP contribution in [0.4, 0.5) is 0 Å². The molecule has 0 unspecified atom stereocenters. The third kappa shape index (κ3) is 31.8. The van der Waals surface area contributed by atoms with Crippen LogP contribution in [0.15, 0.2) is 97.1 Å². The van der Waals surface area contributed by atoms with Crippen molar-refractivity contribution < 1.29 is 114 Å². The molecule has 29 heteroatoms. The fourth-order valence-corrected chi connectivity index (χ4v) is 18.2. The quantitative estimate of drug-likeness (QED) is 0.0773. The summed E-state index contributed by atoms with van der Waals surface area (Å²) in [6.45, 7) is 101. The van der Waals surface area contributed by atoms with Gasteiger partial charge >= 0.3 is 55.2 Å². The summed E-state index contributed by atoms with van der Waals surface area (Å²) in [5.41, 5.74) is 18.7. The Morgan fingerprint density at radius 3 is 0.310 bits per heavy atom. The molecule has 12 rings (SSSR count). The first-order chi connectivity index (χ1) is 64.4.